The molecule has 10 nitrogen and oxygen atoms in total. The highest BCUT2D eigenvalue weighted by Crippen LogP contribution is 2.41. The van der Waals surface area contributed by atoms with Crippen molar-refractivity contribution in [3.8, 4) is 17.4 Å². The molecule has 1 aromatic heterocycles. The van der Waals surface area contributed by atoms with Gasteiger partial charge >= 0.3 is 11.9 Å². The number of ether oxygens (including phenoxy) is 2. The maximum absolute atomic E-state index is 13.8. The average Bonchev–Trinajstić information content (AvgIpc) is 3.28. The number of carboxylic acid groups (broad SMARTS) is 2. The molecule has 1 unspecified atom stereocenters. The number of benzene rings is 2. The van der Waals surface area contributed by atoms with Gasteiger partial charge in [0, 0.05) is 23.1 Å². The number of hydrogen-bond acceptors (Lipinski definition) is 7. The highest BCUT2D eigenvalue weighted by molar-refractivity contribution is 6.34. The third-order valence-corrected chi connectivity index (χ3v) is 6.64. The number of aromatic nitrogens is 3. The first kappa shape index (κ1) is 26.9. The number of allylic oxidation sites excluding steroid dienone is 2. The summed E-state index contributed by atoms with van der Waals surface area (Å²) in [4.78, 5) is 38.1. The fraction of sp³-hybridized carbons (Fsp3) is 0.192. The summed E-state index contributed by atoms with van der Waals surface area (Å²) < 4.78 is 12.4. The monoisotopic (exact) mass is 557 g/mol. The Morgan fingerprint density at radius 1 is 1.11 bits per heavy atom. The van der Waals surface area contributed by atoms with Gasteiger partial charge in [0.05, 0.1) is 18.7 Å². The van der Waals surface area contributed by atoms with Gasteiger partial charge in [0.1, 0.15) is 11.5 Å². The Hall–Kier alpha value is -4.15. The van der Waals surface area contributed by atoms with Crippen LogP contribution in [0.4, 0.5) is 0 Å². The molecule has 0 spiro atoms. The summed E-state index contributed by atoms with van der Waals surface area (Å²) in [6, 6.07) is 11.5. The van der Waals surface area contributed by atoms with Crippen LogP contribution in [0.15, 0.2) is 65.8 Å². The number of carboxylic acids is 2. The van der Waals surface area contributed by atoms with E-state index in [2.05, 4.69) is 10.3 Å². The third kappa shape index (κ3) is 5.13. The molecule has 12 heteroatoms. The fourth-order valence-electron chi connectivity index (χ4n) is 3.92. The Labute approximate surface area is 226 Å². The van der Waals surface area contributed by atoms with Crippen LogP contribution in [-0.4, -0.2) is 50.0 Å². The van der Waals surface area contributed by atoms with Gasteiger partial charge in [-0.2, -0.15) is 0 Å². The largest absolute Gasteiger partial charge is 0.497 e. The molecule has 0 saturated heterocycles. The number of carbonyl (C=O) groups excluding carboxylic acids is 1. The first-order valence-electron chi connectivity index (χ1n) is 11.2. The zero-order valence-electron chi connectivity index (χ0n) is 20.1. The number of methoxy groups -OCH3 is 1. The Morgan fingerprint density at radius 2 is 1.82 bits per heavy atom. The van der Waals surface area contributed by atoms with Crippen LogP contribution in [0, 0.1) is 5.41 Å². The zero-order valence-corrected chi connectivity index (χ0v) is 21.7. The van der Waals surface area contributed by atoms with Crippen LogP contribution >= 0.6 is 23.2 Å². The number of rotatable bonds is 9. The Morgan fingerprint density at radius 3 is 2.45 bits per heavy atom. The summed E-state index contributed by atoms with van der Waals surface area (Å²) in [5.74, 6) is -3.33. The van der Waals surface area contributed by atoms with Gasteiger partial charge in [-0.3, -0.25) is 9.59 Å². The van der Waals surface area contributed by atoms with Gasteiger partial charge < -0.3 is 19.7 Å². The number of aliphatic carboxylic acids is 2. The maximum Gasteiger partial charge on any atom is 0.331 e. The molecule has 1 atom stereocenters. The third-order valence-electron chi connectivity index (χ3n) is 6.09. The number of Topliss-reactive ketones (excluding diaryl/α,β-unsaturated/α-hetero) is 1. The topological polar surface area (TPSA) is 141 Å². The second-order valence-corrected chi connectivity index (χ2v) is 9.35. The molecule has 38 heavy (non-hydrogen) atoms. The van der Waals surface area contributed by atoms with Crippen LogP contribution in [0.3, 0.4) is 0 Å². The first-order chi connectivity index (χ1) is 18.1. The highest BCUT2D eigenvalue weighted by Gasteiger charge is 2.50. The molecule has 1 aliphatic carbocycles. The van der Waals surface area contributed by atoms with Gasteiger partial charge in [0.2, 0.25) is 11.7 Å². The molecule has 4 rings (SSSR count). The molecule has 2 aromatic carbocycles. The Bertz CT molecular complexity index is 1490. The van der Waals surface area contributed by atoms with Crippen LogP contribution in [-0.2, 0) is 16.1 Å². The number of nitrogens with zero attached hydrogens (tertiary/aromatic N) is 3. The maximum atomic E-state index is 13.8. The minimum atomic E-state index is -2.25. The molecule has 3 aromatic rings. The van der Waals surface area contributed by atoms with Crippen molar-refractivity contribution in [2.24, 2.45) is 5.41 Å². The van der Waals surface area contributed by atoms with Crippen molar-refractivity contribution < 1.29 is 34.1 Å². The lowest BCUT2D eigenvalue weighted by Crippen LogP contribution is -2.40. The lowest BCUT2D eigenvalue weighted by Gasteiger charge is -2.27. The number of hydrogen-bond donors (Lipinski definition) is 2. The molecule has 0 amide bonds. The molecule has 1 aliphatic rings. The van der Waals surface area contributed by atoms with Gasteiger partial charge in [-0.1, -0.05) is 52.7 Å². The molecule has 1 heterocycles. The van der Waals surface area contributed by atoms with Crippen molar-refractivity contribution in [3.05, 3.63) is 87.1 Å². The Kier molecular flexibility index (Phi) is 7.56. The summed E-state index contributed by atoms with van der Waals surface area (Å²) in [6.45, 7) is 1.62. The van der Waals surface area contributed by atoms with Crippen molar-refractivity contribution in [2.75, 3.05) is 7.11 Å². The van der Waals surface area contributed by atoms with Crippen molar-refractivity contribution >= 4 is 40.9 Å². The van der Waals surface area contributed by atoms with Crippen molar-refractivity contribution in [2.45, 2.75) is 19.9 Å². The van der Waals surface area contributed by atoms with Gasteiger partial charge in [0.15, 0.2) is 11.1 Å². The van der Waals surface area contributed by atoms with Crippen LogP contribution in [0.2, 0.25) is 10.0 Å². The SMILES string of the molecule is COc1ccc(Cn2nnc(C(=O)C3(C(=O)O)C=CC(C)=C(C(=O)O)C3)c2Oc2cc(Cl)ccc2Cl)cc1. The normalized spacial score (nSPS) is 16.8. The summed E-state index contributed by atoms with van der Waals surface area (Å²) in [6.07, 6.45) is 1.88. The molecule has 2 N–H and O–H groups in total. The molecule has 0 bridgehead atoms. The number of halogens is 2. The van der Waals surface area contributed by atoms with Gasteiger partial charge in [0.25, 0.3) is 0 Å². The predicted octanol–water partition coefficient (Wildman–Crippen LogP) is 5.05. The summed E-state index contributed by atoms with van der Waals surface area (Å²) in [5, 5.41) is 28.2. The van der Waals surface area contributed by atoms with E-state index in [0.29, 0.717) is 16.3 Å². The molecule has 0 saturated carbocycles. The number of ketones is 1. The summed E-state index contributed by atoms with van der Waals surface area (Å²) >= 11 is 12.4. The standard InChI is InChI=1S/C26H21Cl2N3O7/c1-14-9-10-26(25(35)36,12-18(14)24(33)34)22(32)21-23(38-20-11-16(27)5-8-19(20)28)31(30-29-21)13-15-3-6-17(37-2)7-4-15/h3-11H,12-13H2,1-2H3,(H,33,34)(H,35,36). The molecule has 0 radical (unpaired) electrons. The summed E-state index contributed by atoms with van der Waals surface area (Å²) in [5.41, 5.74) is -1.77. The quantitative estimate of drug-likeness (QED) is 0.273. The van der Waals surface area contributed by atoms with Crippen molar-refractivity contribution in [1.82, 2.24) is 15.0 Å². The van der Waals surface area contributed by atoms with E-state index in [4.69, 9.17) is 32.7 Å². The van der Waals surface area contributed by atoms with Crippen LogP contribution in [0.1, 0.15) is 29.4 Å². The van der Waals surface area contributed by atoms with E-state index in [0.717, 1.165) is 11.6 Å². The van der Waals surface area contributed by atoms with Crippen LogP contribution < -0.4 is 9.47 Å². The second kappa shape index (κ2) is 10.7. The average molecular weight is 558 g/mol. The predicted molar refractivity (Wildman–Crippen MR) is 137 cm³/mol. The Balaban J connectivity index is 1.82. The lowest BCUT2D eigenvalue weighted by molar-refractivity contribution is -0.143. The van der Waals surface area contributed by atoms with E-state index in [1.807, 2.05) is 0 Å². The van der Waals surface area contributed by atoms with Crippen molar-refractivity contribution in [3.63, 3.8) is 0 Å². The molecule has 0 aliphatic heterocycles. The van der Waals surface area contributed by atoms with E-state index in [9.17, 15) is 24.6 Å². The molecule has 196 valence electrons. The second-order valence-electron chi connectivity index (χ2n) is 8.51. The zero-order chi connectivity index (χ0) is 27.6. The van der Waals surface area contributed by atoms with E-state index in [1.54, 1.807) is 30.3 Å². The number of carbonyl (C=O) groups is 3. The van der Waals surface area contributed by atoms with Gasteiger partial charge in [-0.05, 0) is 42.3 Å². The van der Waals surface area contributed by atoms with E-state index in [-0.39, 0.29) is 28.8 Å². The lowest BCUT2D eigenvalue weighted by atomic mass is 9.72. The molecular formula is C26H21Cl2N3O7. The van der Waals surface area contributed by atoms with Gasteiger partial charge in [-0.25, -0.2) is 9.48 Å². The van der Waals surface area contributed by atoms with E-state index in [1.165, 1.54) is 36.9 Å². The van der Waals surface area contributed by atoms with Crippen molar-refractivity contribution in [1.29, 1.82) is 0 Å². The minimum absolute atomic E-state index is 0.0806. The molecule has 0 fully saturated rings. The van der Waals surface area contributed by atoms with E-state index < -0.39 is 35.3 Å². The smallest absolute Gasteiger partial charge is 0.331 e. The molecular weight excluding hydrogens is 537 g/mol. The highest BCUT2D eigenvalue weighted by atomic mass is 35.5. The van der Waals surface area contributed by atoms with Crippen LogP contribution in [0.25, 0.3) is 0 Å². The minimum Gasteiger partial charge on any atom is -0.497 e. The summed E-state index contributed by atoms with van der Waals surface area (Å²) in [7, 11) is 1.54. The van der Waals surface area contributed by atoms with E-state index >= 15 is 0 Å². The first-order valence-corrected chi connectivity index (χ1v) is 11.9. The van der Waals surface area contributed by atoms with Gasteiger partial charge in [-0.15, -0.1) is 5.10 Å². The van der Waals surface area contributed by atoms with Crippen LogP contribution in [0.5, 0.6) is 17.4 Å². The fourth-order valence-corrected chi connectivity index (χ4v) is 4.23.